The largest absolute Gasteiger partial charge is 0.302 e. The predicted molar refractivity (Wildman–Crippen MR) is 137 cm³/mol. The summed E-state index contributed by atoms with van der Waals surface area (Å²) in [4.78, 5) is 22.0. The van der Waals surface area contributed by atoms with Gasteiger partial charge in [0.15, 0.2) is 15.0 Å². The third kappa shape index (κ3) is 6.32. The minimum absolute atomic E-state index is 0.114. The third-order valence-electron chi connectivity index (χ3n) is 5.82. The normalized spacial score (nSPS) is 11.9. The number of carbonyl (C=O) groups is 1. The minimum atomic E-state index is -3.60. The summed E-state index contributed by atoms with van der Waals surface area (Å²) in [5, 5.41) is 1.07. The molecule has 1 aromatic heterocycles. The fourth-order valence-corrected chi connectivity index (χ4v) is 5.95. The number of likely N-dealkylation sites (N-methyl/N-ethyl adjacent to an activating group) is 1. The number of aromatic nitrogens is 1. The lowest BCUT2D eigenvalue weighted by atomic mass is 10.1. The monoisotopic (exact) mass is 507 g/mol. The van der Waals surface area contributed by atoms with Crippen LogP contribution in [0.15, 0.2) is 41.3 Å². The lowest BCUT2D eigenvalue weighted by molar-refractivity contribution is -0.118. The predicted octanol–water partition coefficient (Wildman–Crippen LogP) is 5.11. The van der Waals surface area contributed by atoms with Gasteiger partial charge in [0.2, 0.25) is 5.91 Å². The second-order valence-electron chi connectivity index (χ2n) is 8.00. The summed E-state index contributed by atoms with van der Waals surface area (Å²) in [6.07, 6.45) is -0.114. The summed E-state index contributed by atoms with van der Waals surface area (Å²) in [5.41, 5.74) is 3.18. The first-order valence-electron chi connectivity index (χ1n) is 11.0. The van der Waals surface area contributed by atoms with E-state index in [0.29, 0.717) is 23.2 Å². The highest BCUT2D eigenvalue weighted by atomic mass is 35.5. The molecule has 0 N–H and O–H groups in total. The molecule has 1 amide bonds. The van der Waals surface area contributed by atoms with Crippen molar-refractivity contribution in [1.82, 2.24) is 9.88 Å². The summed E-state index contributed by atoms with van der Waals surface area (Å²) in [6, 6.07) is 10.1. The SMILES string of the molecule is CCN(CC)CCN(C(=O)CCS(=O)(=O)c1ccc(Cl)cc1)c1nc2cc(C)c(C)cc2s1. The quantitative estimate of drug-likeness (QED) is 0.381. The maximum absolute atomic E-state index is 13.3. The molecule has 3 rings (SSSR count). The van der Waals surface area contributed by atoms with Crippen LogP contribution in [0.3, 0.4) is 0 Å². The van der Waals surface area contributed by atoms with Crippen LogP contribution >= 0.6 is 22.9 Å². The second-order valence-corrected chi connectivity index (χ2v) is 11.6. The molecule has 0 bridgehead atoms. The fraction of sp³-hybridized carbons (Fsp3) is 0.417. The first-order chi connectivity index (χ1) is 15.6. The number of sulfone groups is 1. The van der Waals surface area contributed by atoms with Gasteiger partial charge in [-0.3, -0.25) is 9.69 Å². The second kappa shape index (κ2) is 11.0. The highest BCUT2D eigenvalue weighted by Gasteiger charge is 2.24. The molecule has 0 atom stereocenters. The number of thiazole rings is 1. The van der Waals surface area contributed by atoms with Crippen molar-refractivity contribution in [2.24, 2.45) is 0 Å². The van der Waals surface area contributed by atoms with E-state index < -0.39 is 9.84 Å². The highest BCUT2D eigenvalue weighted by molar-refractivity contribution is 7.91. The maximum atomic E-state index is 13.3. The lowest BCUT2D eigenvalue weighted by Gasteiger charge is -2.24. The van der Waals surface area contributed by atoms with E-state index in [-0.39, 0.29) is 23.0 Å². The Labute approximate surface area is 205 Å². The molecule has 3 aromatic rings. The van der Waals surface area contributed by atoms with Gasteiger partial charge < -0.3 is 4.90 Å². The Bertz CT molecular complexity index is 1180. The van der Waals surface area contributed by atoms with Gasteiger partial charge in [0.05, 0.1) is 20.9 Å². The number of carbonyl (C=O) groups excluding carboxylic acids is 1. The topological polar surface area (TPSA) is 70.6 Å². The van der Waals surface area contributed by atoms with Crippen LogP contribution in [0.4, 0.5) is 5.13 Å². The summed E-state index contributed by atoms with van der Waals surface area (Å²) in [7, 11) is -3.60. The number of rotatable bonds is 10. The smallest absolute Gasteiger partial charge is 0.229 e. The molecule has 178 valence electrons. The van der Waals surface area contributed by atoms with Crippen LogP contribution in [0.1, 0.15) is 31.4 Å². The first kappa shape index (κ1) is 25.6. The van der Waals surface area contributed by atoms with Crippen LogP contribution in [0.2, 0.25) is 5.02 Å². The summed E-state index contributed by atoms with van der Waals surface area (Å²) >= 11 is 7.34. The van der Waals surface area contributed by atoms with Crippen molar-refractivity contribution in [1.29, 1.82) is 0 Å². The van der Waals surface area contributed by atoms with E-state index in [2.05, 4.69) is 31.7 Å². The van der Waals surface area contributed by atoms with Crippen LogP contribution in [0, 0.1) is 13.8 Å². The molecule has 0 aliphatic carbocycles. The molecule has 0 unspecified atom stereocenters. The summed E-state index contributed by atoms with van der Waals surface area (Å²) in [5.74, 6) is -0.509. The summed E-state index contributed by atoms with van der Waals surface area (Å²) in [6.45, 7) is 11.2. The molecule has 0 aliphatic heterocycles. The number of nitrogens with zero attached hydrogens (tertiary/aromatic N) is 3. The van der Waals surface area contributed by atoms with Gasteiger partial charge in [-0.05, 0) is 74.5 Å². The molecule has 9 heteroatoms. The van der Waals surface area contributed by atoms with Crippen molar-refractivity contribution in [2.75, 3.05) is 36.8 Å². The van der Waals surface area contributed by atoms with Gasteiger partial charge in [-0.25, -0.2) is 13.4 Å². The van der Waals surface area contributed by atoms with Crippen molar-refractivity contribution >= 4 is 54.0 Å². The van der Waals surface area contributed by atoms with E-state index in [1.165, 1.54) is 41.2 Å². The Morgan fingerprint density at radius 1 is 1.03 bits per heavy atom. The lowest BCUT2D eigenvalue weighted by Crippen LogP contribution is -2.39. The Hall–Kier alpha value is -2.00. The Balaban J connectivity index is 1.84. The van der Waals surface area contributed by atoms with E-state index in [4.69, 9.17) is 16.6 Å². The molecule has 6 nitrogen and oxygen atoms in total. The fourth-order valence-electron chi connectivity index (χ4n) is 3.51. The van der Waals surface area contributed by atoms with Gasteiger partial charge in [-0.15, -0.1) is 0 Å². The minimum Gasteiger partial charge on any atom is -0.302 e. The number of anilines is 1. The van der Waals surface area contributed by atoms with Crippen LogP contribution in [0.25, 0.3) is 10.2 Å². The standard InChI is InChI=1S/C24H30ClN3O3S2/c1-5-27(6-2)12-13-28(24-26-21-15-17(3)18(4)16-22(21)32-24)23(29)11-14-33(30,31)20-9-7-19(25)8-10-20/h7-10,15-16H,5-6,11-14H2,1-4H3. The molecule has 33 heavy (non-hydrogen) atoms. The van der Waals surface area contributed by atoms with Crippen molar-refractivity contribution in [3.8, 4) is 0 Å². The van der Waals surface area contributed by atoms with Gasteiger partial charge in [-0.1, -0.05) is 36.8 Å². The molecule has 0 radical (unpaired) electrons. The van der Waals surface area contributed by atoms with E-state index in [1.54, 1.807) is 4.90 Å². The van der Waals surface area contributed by atoms with Crippen molar-refractivity contribution in [2.45, 2.75) is 39.0 Å². The third-order valence-corrected chi connectivity index (χ3v) is 8.84. The number of hydrogen-bond acceptors (Lipinski definition) is 6. The average molecular weight is 508 g/mol. The molecular weight excluding hydrogens is 478 g/mol. The van der Waals surface area contributed by atoms with E-state index >= 15 is 0 Å². The van der Waals surface area contributed by atoms with E-state index in [0.717, 1.165) is 28.9 Å². The zero-order valence-corrected chi connectivity index (χ0v) is 21.9. The number of aryl methyl sites for hydroxylation is 2. The van der Waals surface area contributed by atoms with Crippen LogP contribution in [0.5, 0.6) is 0 Å². The molecule has 0 saturated carbocycles. The van der Waals surface area contributed by atoms with E-state index in [1.807, 2.05) is 13.0 Å². The van der Waals surface area contributed by atoms with Gasteiger partial charge in [-0.2, -0.15) is 0 Å². The highest BCUT2D eigenvalue weighted by Crippen LogP contribution is 2.31. The Morgan fingerprint density at radius 3 is 2.30 bits per heavy atom. The van der Waals surface area contributed by atoms with Crippen molar-refractivity contribution in [3.63, 3.8) is 0 Å². The molecule has 2 aromatic carbocycles. The van der Waals surface area contributed by atoms with Crippen LogP contribution < -0.4 is 4.90 Å². The first-order valence-corrected chi connectivity index (χ1v) is 13.9. The number of hydrogen-bond donors (Lipinski definition) is 0. The Morgan fingerprint density at radius 2 is 1.67 bits per heavy atom. The van der Waals surface area contributed by atoms with Crippen LogP contribution in [-0.4, -0.2) is 56.1 Å². The summed E-state index contributed by atoms with van der Waals surface area (Å²) < 4.78 is 26.5. The molecule has 0 aliphatic rings. The maximum Gasteiger partial charge on any atom is 0.229 e. The molecule has 1 heterocycles. The zero-order valence-electron chi connectivity index (χ0n) is 19.5. The van der Waals surface area contributed by atoms with Crippen molar-refractivity contribution < 1.29 is 13.2 Å². The number of fused-ring (bicyclic) bond motifs is 1. The van der Waals surface area contributed by atoms with Gasteiger partial charge >= 0.3 is 0 Å². The Kier molecular flexibility index (Phi) is 8.50. The number of benzene rings is 2. The average Bonchev–Trinajstić information content (AvgIpc) is 3.18. The molecular formula is C24H30ClN3O3S2. The van der Waals surface area contributed by atoms with Crippen LogP contribution in [-0.2, 0) is 14.6 Å². The van der Waals surface area contributed by atoms with Gasteiger partial charge in [0.1, 0.15) is 0 Å². The molecule has 0 fully saturated rings. The van der Waals surface area contributed by atoms with Gasteiger partial charge in [0.25, 0.3) is 0 Å². The van der Waals surface area contributed by atoms with Crippen molar-refractivity contribution in [3.05, 3.63) is 52.5 Å². The van der Waals surface area contributed by atoms with E-state index in [9.17, 15) is 13.2 Å². The number of amides is 1. The molecule has 0 saturated heterocycles. The zero-order chi connectivity index (χ0) is 24.2. The molecule has 0 spiro atoms. The number of halogens is 1. The van der Waals surface area contributed by atoms with Gasteiger partial charge in [0, 0.05) is 24.5 Å².